The highest BCUT2D eigenvalue weighted by Gasteiger charge is 2.10. The number of aromatic carboxylic acids is 2. The summed E-state index contributed by atoms with van der Waals surface area (Å²) in [7, 11) is -5.17. The topological polar surface area (TPSA) is 282 Å². The van der Waals surface area contributed by atoms with Gasteiger partial charge in [0.2, 0.25) is 0 Å². The van der Waals surface area contributed by atoms with Crippen molar-refractivity contribution in [2.75, 3.05) is 0 Å². The van der Waals surface area contributed by atoms with Crippen LogP contribution in [-0.4, -0.2) is 55.4 Å². The van der Waals surface area contributed by atoms with Gasteiger partial charge < -0.3 is 46.5 Å². The summed E-state index contributed by atoms with van der Waals surface area (Å²) in [6, 6.07) is 8.34. The van der Waals surface area contributed by atoms with E-state index in [4.69, 9.17) is 37.9 Å². The molecular formula is C14H18N2O11S. The molecule has 0 radical (unpaired) electrons. The first-order chi connectivity index (χ1) is 12.2. The van der Waals surface area contributed by atoms with Crippen molar-refractivity contribution in [3.8, 4) is 11.5 Å². The fourth-order valence-corrected chi connectivity index (χ4v) is 1.51. The van der Waals surface area contributed by atoms with E-state index in [0.717, 1.165) is 0 Å². The van der Waals surface area contributed by atoms with Crippen LogP contribution in [0.3, 0.4) is 0 Å². The molecule has 0 amide bonds. The molecule has 0 aliphatic heterocycles. The van der Waals surface area contributed by atoms with Gasteiger partial charge in [-0.2, -0.15) is 0 Å². The summed E-state index contributed by atoms with van der Waals surface area (Å²) in [6.07, 6.45) is 0. The zero-order valence-corrected chi connectivity index (χ0v) is 14.8. The van der Waals surface area contributed by atoms with Crippen LogP contribution in [0.4, 0.5) is 11.4 Å². The SMILES string of the molecule is O.O=S(=O)([O-])[O-].[NH3+]c1ccc(O)c(C(=O)O)c1.[NH3+]c1ccc(O)c(C(=O)O)c1. The lowest BCUT2D eigenvalue weighted by atomic mass is 10.2. The number of phenols is 2. The molecule has 0 atom stereocenters. The quantitative estimate of drug-likeness (QED) is 0.223. The number of quaternary nitrogens is 2. The molecule has 0 fully saturated rings. The number of carboxylic acid groups (broad SMARTS) is 2. The van der Waals surface area contributed by atoms with Gasteiger partial charge in [0.05, 0.1) is 0 Å². The average molecular weight is 422 g/mol. The molecule has 2 aromatic carbocycles. The summed E-state index contributed by atoms with van der Waals surface area (Å²) >= 11 is 0. The van der Waals surface area contributed by atoms with Crippen LogP contribution < -0.4 is 11.5 Å². The number of hydrogen-bond donors (Lipinski definition) is 6. The summed E-state index contributed by atoms with van der Waals surface area (Å²) in [5.74, 6) is -2.75. The minimum Gasteiger partial charge on any atom is -0.759 e. The van der Waals surface area contributed by atoms with E-state index in [9.17, 15) is 9.59 Å². The molecule has 0 aromatic heterocycles. The zero-order valence-electron chi connectivity index (χ0n) is 14.0. The highest BCUT2D eigenvalue weighted by Crippen LogP contribution is 2.19. The first-order valence-corrected chi connectivity index (χ1v) is 7.99. The number of hydrogen-bond acceptors (Lipinski definition) is 8. The molecule has 2 aromatic rings. The number of rotatable bonds is 2. The Labute approximate surface area is 158 Å². The Hall–Kier alpha value is -3.27. The van der Waals surface area contributed by atoms with Crippen LogP contribution in [-0.2, 0) is 10.4 Å². The molecule has 12 N–H and O–H groups in total. The van der Waals surface area contributed by atoms with Crippen molar-refractivity contribution >= 4 is 33.7 Å². The molecule has 13 nitrogen and oxygen atoms in total. The summed E-state index contributed by atoms with van der Waals surface area (Å²) < 4.78 is 34.1. The van der Waals surface area contributed by atoms with Crippen molar-refractivity contribution in [3.63, 3.8) is 0 Å². The van der Waals surface area contributed by atoms with E-state index in [1.54, 1.807) is 12.1 Å². The summed E-state index contributed by atoms with van der Waals surface area (Å²) in [5.41, 5.74) is 7.97. The predicted molar refractivity (Wildman–Crippen MR) is 89.3 cm³/mol. The number of aromatic hydroxyl groups is 2. The third-order valence-electron chi connectivity index (χ3n) is 2.58. The molecule has 0 bridgehead atoms. The van der Waals surface area contributed by atoms with Crippen molar-refractivity contribution in [3.05, 3.63) is 47.5 Å². The largest absolute Gasteiger partial charge is 0.759 e. The van der Waals surface area contributed by atoms with E-state index in [2.05, 4.69) is 11.5 Å². The summed E-state index contributed by atoms with van der Waals surface area (Å²) in [5, 5.41) is 35.0. The zero-order chi connectivity index (χ0) is 21.4. The van der Waals surface area contributed by atoms with Gasteiger partial charge >= 0.3 is 11.9 Å². The molecular weight excluding hydrogens is 404 g/mol. The van der Waals surface area contributed by atoms with Crippen LogP contribution in [0.2, 0.25) is 0 Å². The van der Waals surface area contributed by atoms with E-state index in [0.29, 0.717) is 11.4 Å². The molecule has 0 saturated carbocycles. The lowest BCUT2D eigenvalue weighted by Crippen LogP contribution is -2.40. The second kappa shape index (κ2) is 11.4. The Morgan fingerprint density at radius 3 is 1.21 bits per heavy atom. The second-order valence-electron chi connectivity index (χ2n) is 4.72. The fraction of sp³-hybridized carbons (Fsp3) is 0. The molecule has 0 unspecified atom stereocenters. The third-order valence-corrected chi connectivity index (χ3v) is 2.58. The first-order valence-electron chi connectivity index (χ1n) is 6.65. The van der Waals surface area contributed by atoms with Crippen LogP contribution >= 0.6 is 0 Å². The molecule has 2 rings (SSSR count). The maximum atomic E-state index is 10.4. The molecule has 28 heavy (non-hydrogen) atoms. The van der Waals surface area contributed by atoms with Gasteiger partial charge in [-0.15, -0.1) is 0 Å². The molecule has 0 aliphatic carbocycles. The maximum absolute atomic E-state index is 10.4. The van der Waals surface area contributed by atoms with Gasteiger partial charge in [-0.05, 0) is 12.1 Å². The van der Waals surface area contributed by atoms with E-state index < -0.39 is 22.3 Å². The highest BCUT2D eigenvalue weighted by molar-refractivity contribution is 7.79. The molecule has 156 valence electrons. The molecule has 0 aliphatic rings. The predicted octanol–water partition coefficient (Wildman–Crippen LogP) is -2.24. The third kappa shape index (κ3) is 11.4. The van der Waals surface area contributed by atoms with Crippen LogP contribution in [0.15, 0.2) is 36.4 Å². The minimum absolute atomic E-state index is 0. The average Bonchev–Trinajstić information content (AvgIpc) is 2.50. The van der Waals surface area contributed by atoms with Gasteiger partial charge in [-0.25, -0.2) is 9.59 Å². The molecule has 0 heterocycles. The van der Waals surface area contributed by atoms with Crippen LogP contribution in [0.25, 0.3) is 0 Å². The molecule has 0 spiro atoms. The van der Waals surface area contributed by atoms with Crippen molar-refractivity contribution in [1.29, 1.82) is 0 Å². The van der Waals surface area contributed by atoms with Crippen molar-refractivity contribution < 1.29 is 64.5 Å². The Bertz CT molecular complexity index is 859. The Balaban J connectivity index is 0. The normalized spacial score (nSPS) is 9.57. The highest BCUT2D eigenvalue weighted by atomic mass is 32.3. The monoisotopic (exact) mass is 422 g/mol. The standard InChI is InChI=1S/2C7H7NO3.H2O4S.H2O/c2*8-4-1-2-6(9)5(3-4)7(10)11;1-5(2,3)4;/h2*1-3,9H,8H2,(H,10,11);(H2,1,2,3,4);1H2. The Morgan fingerprint density at radius 1 is 0.786 bits per heavy atom. The minimum atomic E-state index is -5.17. The summed E-state index contributed by atoms with van der Waals surface area (Å²) in [4.78, 5) is 20.8. The van der Waals surface area contributed by atoms with Gasteiger partial charge in [0.1, 0.15) is 34.0 Å². The van der Waals surface area contributed by atoms with Gasteiger partial charge in [0.25, 0.3) is 0 Å². The van der Waals surface area contributed by atoms with Gasteiger partial charge in [-0.1, -0.05) is 0 Å². The lowest BCUT2D eigenvalue weighted by Gasteiger charge is -2.06. The molecule has 0 saturated heterocycles. The van der Waals surface area contributed by atoms with Crippen molar-refractivity contribution in [2.45, 2.75) is 0 Å². The number of carboxylic acids is 2. The van der Waals surface area contributed by atoms with Crippen molar-refractivity contribution in [1.82, 2.24) is 0 Å². The number of carbonyl (C=O) groups is 2. The first kappa shape index (κ1) is 27.0. The van der Waals surface area contributed by atoms with Crippen LogP contribution in [0, 0.1) is 0 Å². The van der Waals surface area contributed by atoms with E-state index in [-0.39, 0.29) is 28.1 Å². The van der Waals surface area contributed by atoms with Gasteiger partial charge in [-0.3, -0.25) is 8.42 Å². The fourth-order valence-electron chi connectivity index (χ4n) is 1.51. The van der Waals surface area contributed by atoms with E-state index >= 15 is 0 Å². The lowest BCUT2D eigenvalue weighted by molar-refractivity contribution is -0.255. The van der Waals surface area contributed by atoms with Crippen LogP contribution in [0.5, 0.6) is 11.5 Å². The second-order valence-corrected chi connectivity index (χ2v) is 5.54. The van der Waals surface area contributed by atoms with E-state index in [1.165, 1.54) is 24.3 Å². The maximum Gasteiger partial charge on any atom is 0.339 e. The van der Waals surface area contributed by atoms with Crippen molar-refractivity contribution in [2.24, 2.45) is 0 Å². The van der Waals surface area contributed by atoms with Gasteiger partial charge in [0, 0.05) is 34.7 Å². The molecule has 14 heteroatoms. The van der Waals surface area contributed by atoms with Crippen LogP contribution in [0.1, 0.15) is 20.7 Å². The van der Waals surface area contributed by atoms with E-state index in [1.807, 2.05) is 0 Å². The summed E-state index contributed by atoms with van der Waals surface area (Å²) in [6.45, 7) is 0. The Morgan fingerprint density at radius 2 is 1.04 bits per heavy atom. The number of benzene rings is 2. The smallest absolute Gasteiger partial charge is 0.339 e. The Kier molecular flexibility index (Phi) is 11.0. The van der Waals surface area contributed by atoms with Gasteiger partial charge in [0.15, 0.2) is 0 Å².